The van der Waals surface area contributed by atoms with Crippen LogP contribution in [0.1, 0.15) is 30.3 Å². The fraction of sp³-hybridized carbons (Fsp3) is 0.444. The van der Waals surface area contributed by atoms with Crippen molar-refractivity contribution in [2.75, 3.05) is 21.3 Å². The molecule has 128 valence electrons. The highest BCUT2D eigenvalue weighted by Crippen LogP contribution is 2.36. The number of carbonyl (C=O) groups excluding carboxylic acids is 1. The molecule has 3 rings (SSSR count). The Morgan fingerprint density at radius 2 is 2.04 bits per heavy atom. The van der Waals surface area contributed by atoms with Crippen LogP contribution >= 0.6 is 0 Å². The van der Waals surface area contributed by atoms with Gasteiger partial charge in [0.15, 0.2) is 11.5 Å². The van der Waals surface area contributed by atoms with Crippen molar-refractivity contribution >= 4 is 5.91 Å². The quantitative estimate of drug-likeness (QED) is 0.813. The van der Waals surface area contributed by atoms with Crippen LogP contribution in [0.25, 0.3) is 11.3 Å². The fourth-order valence-electron chi connectivity index (χ4n) is 2.77. The normalized spacial score (nSPS) is 15.0. The smallest absolute Gasteiger partial charge is 0.276 e. The van der Waals surface area contributed by atoms with E-state index >= 15 is 0 Å². The molecule has 0 N–H and O–H groups in total. The Kier molecular flexibility index (Phi) is 4.46. The molecule has 1 aromatic carbocycles. The van der Waals surface area contributed by atoms with E-state index in [0.717, 1.165) is 0 Å². The molecule has 6 heteroatoms. The monoisotopic (exact) mass is 330 g/mol. The average molecular weight is 330 g/mol. The molecule has 2 aromatic rings. The summed E-state index contributed by atoms with van der Waals surface area (Å²) in [6.45, 7) is 2.07. The van der Waals surface area contributed by atoms with Gasteiger partial charge in [-0.25, -0.2) is 0 Å². The Balaban J connectivity index is 1.86. The summed E-state index contributed by atoms with van der Waals surface area (Å²) in [4.78, 5) is 14.3. The molecule has 6 nitrogen and oxygen atoms in total. The van der Waals surface area contributed by atoms with Crippen molar-refractivity contribution < 1.29 is 18.8 Å². The van der Waals surface area contributed by atoms with Crippen LogP contribution in [0.4, 0.5) is 0 Å². The van der Waals surface area contributed by atoms with Gasteiger partial charge in [0, 0.05) is 19.2 Å². The van der Waals surface area contributed by atoms with E-state index < -0.39 is 0 Å². The summed E-state index contributed by atoms with van der Waals surface area (Å²) in [5, 5.41) is 3.94. The standard InChI is InChI=1S/C18H22N2O4/c1-11(12-5-6-12)20(2)18(21)15-10-17(24-19-15)14-9-13(22-3)7-8-16(14)23-4/h7-12H,5-6H2,1-4H3. The number of benzene rings is 1. The minimum atomic E-state index is -0.133. The molecule has 0 spiro atoms. The maximum atomic E-state index is 12.6. The third-order valence-electron chi connectivity index (χ3n) is 4.64. The lowest BCUT2D eigenvalue weighted by Crippen LogP contribution is -2.36. The molecule has 0 saturated heterocycles. The van der Waals surface area contributed by atoms with Gasteiger partial charge in [-0.3, -0.25) is 4.79 Å². The number of amides is 1. The van der Waals surface area contributed by atoms with Crippen molar-refractivity contribution in [2.24, 2.45) is 5.92 Å². The van der Waals surface area contributed by atoms with E-state index in [4.69, 9.17) is 14.0 Å². The van der Waals surface area contributed by atoms with Crippen molar-refractivity contribution in [3.05, 3.63) is 30.0 Å². The van der Waals surface area contributed by atoms with Gasteiger partial charge in [0.1, 0.15) is 11.5 Å². The first-order valence-electron chi connectivity index (χ1n) is 8.01. The van der Waals surface area contributed by atoms with Gasteiger partial charge in [0.2, 0.25) is 0 Å². The van der Waals surface area contributed by atoms with Crippen molar-refractivity contribution in [3.63, 3.8) is 0 Å². The zero-order valence-corrected chi connectivity index (χ0v) is 14.4. The topological polar surface area (TPSA) is 64.8 Å². The Bertz CT molecular complexity index is 736. The molecule has 0 bridgehead atoms. The number of hydrogen-bond acceptors (Lipinski definition) is 5. The highest BCUT2D eigenvalue weighted by atomic mass is 16.5. The lowest BCUT2D eigenvalue weighted by molar-refractivity contribution is 0.0717. The number of hydrogen-bond donors (Lipinski definition) is 0. The molecular formula is C18H22N2O4. The Morgan fingerprint density at radius 1 is 1.29 bits per heavy atom. The van der Waals surface area contributed by atoms with Crippen LogP contribution < -0.4 is 9.47 Å². The largest absolute Gasteiger partial charge is 0.497 e. The van der Waals surface area contributed by atoms with E-state index in [1.54, 1.807) is 43.4 Å². The second-order valence-electron chi connectivity index (χ2n) is 6.14. The molecule has 1 aliphatic carbocycles. The first-order chi connectivity index (χ1) is 11.5. The minimum absolute atomic E-state index is 0.133. The molecule has 1 unspecified atom stereocenters. The second kappa shape index (κ2) is 6.55. The van der Waals surface area contributed by atoms with E-state index in [0.29, 0.717) is 34.4 Å². The number of methoxy groups -OCH3 is 2. The average Bonchev–Trinajstić information content (AvgIpc) is 3.35. The molecule has 1 atom stereocenters. The second-order valence-corrected chi connectivity index (χ2v) is 6.14. The van der Waals surface area contributed by atoms with E-state index in [2.05, 4.69) is 12.1 Å². The fourth-order valence-corrected chi connectivity index (χ4v) is 2.77. The van der Waals surface area contributed by atoms with E-state index in [-0.39, 0.29) is 11.9 Å². The summed E-state index contributed by atoms with van der Waals surface area (Å²) >= 11 is 0. The van der Waals surface area contributed by atoms with Crippen LogP contribution in [0.15, 0.2) is 28.8 Å². The summed E-state index contributed by atoms with van der Waals surface area (Å²) in [6.07, 6.45) is 2.37. The molecular weight excluding hydrogens is 308 g/mol. The van der Waals surface area contributed by atoms with Crippen molar-refractivity contribution in [2.45, 2.75) is 25.8 Å². The number of aromatic nitrogens is 1. The van der Waals surface area contributed by atoms with E-state index in [1.807, 2.05) is 7.05 Å². The number of ether oxygens (including phenoxy) is 2. The lowest BCUT2D eigenvalue weighted by atomic mass is 10.1. The van der Waals surface area contributed by atoms with Crippen LogP contribution in [-0.2, 0) is 0 Å². The predicted molar refractivity (Wildman–Crippen MR) is 89.3 cm³/mol. The molecule has 1 aromatic heterocycles. The van der Waals surface area contributed by atoms with Crippen LogP contribution in [0.2, 0.25) is 0 Å². The summed E-state index contributed by atoms with van der Waals surface area (Å²) < 4.78 is 16.0. The van der Waals surface area contributed by atoms with Gasteiger partial charge in [0.05, 0.1) is 19.8 Å². The number of carbonyl (C=O) groups is 1. The van der Waals surface area contributed by atoms with Crippen LogP contribution in [0, 0.1) is 5.92 Å². The van der Waals surface area contributed by atoms with Gasteiger partial charge in [-0.15, -0.1) is 0 Å². The maximum Gasteiger partial charge on any atom is 0.276 e. The zero-order valence-electron chi connectivity index (χ0n) is 14.4. The van der Waals surface area contributed by atoms with Gasteiger partial charge in [-0.1, -0.05) is 5.16 Å². The highest BCUT2D eigenvalue weighted by Gasteiger charge is 2.33. The first kappa shape index (κ1) is 16.4. The van der Waals surface area contributed by atoms with Crippen molar-refractivity contribution in [1.82, 2.24) is 10.1 Å². The Hall–Kier alpha value is -2.50. The molecule has 1 fully saturated rings. The third-order valence-corrected chi connectivity index (χ3v) is 4.64. The molecule has 1 saturated carbocycles. The minimum Gasteiger partial charge on any atom is -0.497 e. The van der Waals surface area contributed by atoms with Crippen LogP contribution in [-0.4, -0.2) is 43.3 Å². The number of rotatable bonds is 6. The summed E-state index contributed by atoms with van der Waals surface area (Å²) in [6, 6.07) is 7.25. The molecule has 0 radical (unpaired) electrons. The first-order valence-corrected chi connectivity index (χ1v) is 8.01. The van der Waals surface area contributed by atoms with Gasteiger partial charge < -0.3 is 18.9 Å². The van der Waals surface area contributed by atoms with Gasteiger partial charge in [-0.2, -0.15) is 0 Å². The van der Waals surface area contributed by atoms with Crippen molar-refractivity contribution in [3.8, 4) is 22.8 Å². The molecule has 1 heterocycles. The zero-order chi connectivity index (χ0) is 17.3. The van der Waals surface area contributed by atoms with Crippen LogP contribution in [0.3, 0.4) is 0 Å². The molecule has 0 aliphatic heterocycles. The molecule has 24 heavy (non-hydrogen) atoms. The van der Waals surface area contributed by atoms with Crippen molar-refractivity contribution in [1.29, 1.82) is 0 Å². The highest BCUT2D eigenvalue weighted by molar-refractivity contribution is 5.93. The van der Waals surface area contributed by atoms with Gasteiger partial charge in [-0.05, 0) is 43.9 Å². The van der Waals surface area contributed by atoms with E-state index in [1.165, 1.54) is 12.8 Å². The molecule has 1 amide bonds. The lowest BCUT2D eigenvalue weighted by Gasteiger charge is -2.23. The van der Waals surface area contributed by atoms with E-state index in [9.17, 15) is 4.79 Å². The number of nitrogens with zero attached hydrogens (tertiary/aromatic N) is 2. The van der Waals surface area contributed by atoms with Gasteiger partial charge >= 0.3 is 0 Å². The Labute approximate surface area is 141 Å². The summed E-state index contributed by atoms with van der Waals surface area (Å²) in [5.41, 5.74) is 0.992. The SMILES string of the molecule is COc1ccc(OC)c(-c2cc(C(=O)N(C)C(C)C3CC3)no2)c1. The third kappa shape index (κ3) is 3.09. The van der Waals surface area contributed by atoms with Crippen LogP contribution in [0.5, 0.6) is 11.5 Å². The maximum absolute atomic E-state index is 12.6. The predicted octanol–water partition coefficient (Wildman–Crippen LogP) is 3.23. The Morgan fingerprint density at radius 3 is 2.67 bits per heavy atom. The van der Waals surface area contributed by atoms with Gasteiger partial charge in [0.25, 0.3) is 5.91 Å². The summed E-state index contributed by atoms with van der Waals surface area (Å²) in [7, 11) is 4.99. The molecule has 1 aliphatic rings. The summed E-state index contributed by atoms with van der Waals surface area (Å²) in [5.74, 6) is 2.25.